The fourth-order valence-electron chi connectivity index (χ4n) is 2.10. The molecule has 1 aromatic heterocycles. The number of hydrogen-bond donors (Lipinski definition) is 1. The second kappa shape index (κ2) is 6.38. The second-order valence-electron chi connectivity index (χ2n) is 4.45. The molecule has 1 heterocycles. The lowest BCUT2D eigenvalue weighted by molar-refractivity contribution is 0.147. The van der Waals surface area contributed by atoms with Crippen molar-refractivity contribution in [1.29, 1.82) is 0 Å². The highest BCUT2D eigenvalue weighted by molar-refractivity contribution is 5.91. The first-order chi connectivity index (χ1) is 9.24. The van der Waals surface area contributed by atoms with E-state index in [1.807, 2.05) is 31.2 Å². The molecule has 1 N–H and O–H groups in total. The minimum Gasteiger partial charge on any atom is -0.384 e. The number of hydrogen-bond acceptors (Lipinski definition) is 3. The molecule has 0 atom stereocenters. The summed E-state index contributed by atoms with van der Waals surface area (Å²) in [5, 5.41) is 4.39. The number of aromatic nitrogens is 1. The van der Waals surface area contributed by atoms with Crippen molar-refractivity contribution in [3.8, 4) is 0 Å². The molecule has 19 heavy (non-hydrogen) atoms. The highest BCUT2D eigenvalue weighted by atomic mass is 16.5. The molecule has 0 aliphatic heterocycles. The van der Waals surface area contributed by atoms with Crippen molar-refractivity contribution in [3.63, 3.8) is 0 Å². The summed E-state index contributed by atoms with van der Waals surface area (Å²) in [6, 6.07) is 9.57. The summed E-state index contributed by atoms with van der Waals surface area (Å²) in [6.07, 6.45) is 0.928. The highest BCUT2D eigenvalue weighted by Gasteiger charge is 2.05. The molecule has 1 aromatic carbocycles. The largest absolute Gasteiger partial charge is 0.384 e. The Balaban J connectivity index is 2.19. The van der Waals surface area contributed by atoms with Gasteiger partial charge in [0, 0.05) is 43.9 Å². The van der Waals surface area contributed by atoms with Gasteiger partial charge in [0.05, 0.1) is 5.52 Å². The van der Waals surface area contributed by atoms with Gasteiger partial charge in [-0.15, -0.1) is 0 Å². The fraction of sp³-hybridized carbons (Fsp3) is 0.400. The number of aryl methyl sites for hydroxylation is 1. The second-order valence-corrected chi connectivity index (χ2v) is 4.45. The number of benzene rings is 1. The van der Waals surface area contributed by atoms with Crippen LogP contribution >= 0.6 is 0 Å². The molecule has 0 saturated carbocycles. The Morgan fingerprint density at radius 1 is 1.32 bits per heavy atom. The zero-order valence-electron chi connectivity index (χ0n) is 11.5. The average molecular weight is 260 g/mol. The predicted molar refractivity (Wildman–Crippen MR) is 78.8 cm³/mol. The summed E-state index contributed by atoms with van der Waals surface area (Å²) >= 11 is 0. The van der Waals surface area contributed by atoms with E-state index in [0.29, 0.717) is 0 Å². The van der Waals surface area contributed by atoms with Gasteiger partial charge in [-0.1, -0.05) is 18.2 Å². The Hall–Kier alpha value is -1.81. The van der Waals surface area contributed by atoms with E-state index in [0.717, 1.165) is 42.8 Å². The summed E-state index contributed by atoms with van der Waals surface area (Å²) in [5.41, 5.74) is 1.85. The van der Waals surface area contributed by atoms with Crippen molar-refractivity contribution in [2.75, 3.05) is 25.1 Å². The third-order valence-corrected chi connectivity index (χ3v) is 3.14. The Kier molecular flexibility index (Phi) is 4.58. The molecule has 2 aromatic rings. The minimum atomic E-state index is 0.00556. The first-order valence-corrected chi connectivity index (χ1v) is 6.64. The van der Waals surface area contributed by atoms with Gasteiger partial charge in [-0.3, -0.25) is 4.79 Å². The third-order valence-electron chi connectivity index (χ3n) is 3.14. The maximum atomic E-state index is 11.9. The van der Waals surface area contributed by atoms with E-state index in [2.05, 4.69) is 5.32 Å². The zero-order chi connectivity index (χ0) is 13.7. The Labute approximate surface area is 113 Å². The lowest BCUT2D eigenvalue weighted by Gasteiger charge is -2.12. The number of pyridine rings is 1. The lowest BCUT2D eigenvalue weighted by Crippen LogP contribution is -2.18. The smallest absolute Gasteiger partial charge is 0.252 e. The number of anilines is 1. The van der Waals surface area contributed by atoms with Gasteiger partial charge in [0.25, 0.3) is 5.56 Å². The topological polar surface area (TPSA) is 43.3 Å². The molecule has 0 aliphatic rings. The van der Waals surface area contributed by atoms with E-state index in [9.17, 15) is 4.79 Å². The van der Waals surface area contributed by atoms with Crippen LogP contribution in [-0.2, 0) is 11.8 Å². The van der Waals surface area contributed by atoms with Crippen LogP contribution in [0.1, 0.15) is 13.3 Å². The monoisotopic (exact) mass is 260 g/mol. The molecule has 2 rings (SSSR count). The third kappa shape index (κ3) is 3.15. The predicted octanol–water partition coefficient (Wildman–Crippen LogP) is 2.38. The maximum absolute atomic E-state index is 11.9. The van der Waals surface area contributed by atoms with Gasteiger partial charge < -0.3 is 14.6 Å². The van der Waals surface area contributed by atoms with Gasteiger partial charge in [-0.2, -0.15) is 0 Å². The standard InChI is InChI=1S/C15H20N2O2/c1-3-19-10-6-9-16-13-11-15(18)17(2)14-8-5-4-7-12(13)14/h4-5,7-8,11,16H,3,6,9-10H2,1-2H3. The van der Waals surface area contributed by atoms with Crippen molar-refractivity contribution in [1.82, 2.24) is 4.57 Å². The van der Waals surface area contributed by atoms with Crippen molar-refractivity contribution >= 4 is 16.6 Å². The van der Waals surface area contributed by atoms with Gasteiger partial charge >= 0.3 is 0 Å². The van der Waals surface area contributed by atoms with Crippen LogP contribution in [-0.4, -0.2) is 24.3 Å². The summed E-state index contributed by atoms with van der Waals surface area (Å²) < 4.78 is 6.96. The molecule has 0 amide bonds. The Bertz CT molecular complexity index is 605. The number of nitrogens with zero attached hydrogens (tertiary/aromatic N) is 1. The van der Waals surface area contributed by atoms with Crippen molar-refractivity contribution in [2.45, 2.75) is 13.3 Å². The Morgan fingerprint density at radius 2 is 2.11 bits per heavy atom. The first kappa shape index (κ1) is 13.6. The van der Waals surface area contributed by atoms with E-state index in [-0.39, 0.29) is 5.56 Å². The molecule has 0 fully saturated rings. The van der Waals surface area contributed by atoms with Crippen molar-refractivity contribution < 1.29 is 4.74 Å². The van der Waals surface area contributed by atoms with E-state index in [1.54, 1.807) is 17.7 Å². The van der Waals surface area contributed by atoms with Crippen LogP contribution in [0.25, 0.3) is 10.9 Å². The molecule has 0 radical (unpaired) electrons. The minimum absolute atomic E-state index is 0.00556. The molecule has 0 bridgehead atoms. The number of para-hydroxylation sites is 1. The summed E-state index contributed by atoms with van der Waals surface area (Å²) in [7, 11) is 1.80. The summed E-state index contributed by atoms with van der Waals surface area (Å²) in [4.78, 5) is 11.9. The van der Waals surface area contributed by atoms with Crippen LogP contribution in [0.4, 0.5) is 5.69 Å². The summed E-state index contributed by atoms with van der Waals surface area (Å²) in [5.74, 6) is 0. The maximum Gasteiger partial charge on any atom is 0.252 e. The highest BCUT2D eigenvalue weighted by Crippen LogP contribution is 2.20. The molecule has 0 spiro atoms. The zero-order valence-corrected chi connectivity index (χ0v) is 11.5. The van der Waals surface area contributed by atoms with Crippen molar-refractivity contribution in [2.24, 2.45) is 7.05 Å². The van der Waals surface area contributed by atoms with Crippen LogP contribution in [0.2, 0.25) is 0 Å². The quantitative estimate of drug-likeness (QED) is 0.811. The molecule has 0 aliphatic carbocycles. The molecular formula is C15H20N2O2. The molecular weight excluding hydrogens is 240 g/mol. The fourth-order valence-corrected chi connectivity index (χ4v) is 2.10. The van der Waals surface area contributed by atoms with E-state index in [4.69, 9.17) is 4.74 Å². The number of ether oxygens (including phenoxy) is 1. The van der Waals surface area contributed by atoms with Gasteiger partial charge in [0.15, 0.2) is 0 Å². The summed E-state index contributed by atoms with van der Waals surface area (Å²) in [6.45, 7) is 4.28. The van der Waals surface area contributed by atoms with Crippen LogP contribution in [0.15, 0.2) is 35.1 Å². The molecule has 4 nitrogen and oxygen atoms in total. The molecule has 102 valence electrons. The van der Waals surface area contributed by atoms with E-state index < -0.39 is 0 Å². The number of rotatable bonds is 6. The van der Waals surface area contributed by atoms with E-state index >= 15 is 0 Å². The van der Waals surface area contributed by atoms with Crippen molar-refractivity contribution in [3.05, 3.63) is 40.7 Å². The van der Waals surface area contributed by atoms with Gasteiger partial charge in [0.2, 0.25) is 0 Å². The van der Waals surface area contributed by atoms with Gasteiger partial charge in [0.1, 0.15) is 0 Å². The van der Waals surface area contributed by atoms with Crippen LogP contribution in [0.3, 0.4) is 0 Å². The van der Waals surface area contributed by atoms with E-state index in [1.165, 1.54) is 0 Å². The Morgan fingerprint density at radius 3 is 2.89 bits per heavy atom. The lowest BCUT2D eigenvalue weighted by atomic mass is 10.2. The van der Waals surface area contributed by atoms with Gasteiger partial charge in [-0.25, -0.2) is 0 Å². The molecule has 4 heteroatoms. The van der Waals surface area contributed by atoms with Crippen LogP contribution in [0.5, 0.6) is 0 Å². The SMILES string of the molecule is CCOCCCNc1cc(=O)n(C)c2ccccc12. The number of nitrogens with one attached hydrogen (secondary N) is 1. The normalized spacial score (nSPS) is 10.8. The first-order valence-electron chi connectivity index (χ1n) is 6.64. The molecule has 0 unspecified atom stereocenters. The van der Waals surface area contributed by atoms with Crippen LogP contribution < -0.4 is 10.9 Å². The number of fused-ring (bicyclic) bond motifs is 1. The van der Waals surface area contributed by atoms with Crippen LogP contribution in [0, 0.1) is 0 Å². The average Bonchev–Trinajstić information content (AvgIpc) is 2.44. The molecule has 0 saturated heterocycles. The van der Waals surface area contributed by atoms with Gasteiger partial charge in [-0.05, 0) is 19.4 Å².